The third-order valence-corrected chi connectivity index (χ3v) is 6.32. The lowest BCUT2D eigenvalue weighted by molar-refractivity contribution is -0.113. The van der Waals surface area contributed by atoms with Crippen molar-refractivity contribution in [1.29, 1.82) is 0 Å². The van der Waals surface area contributed by atoms with E-state index >= 15 is 0 Å². The molecule has 9 heteroatoms. The van der Waals surface area contributed by atoms with E-state index in [9.17, 15) is 18.0 Å². The molecule has 0 heterocycles. The van der Waals surface area contributed by atoms with Gasteiger partial charge in [-0.3, -0.25) is 4.79 Å². The number of carbonyl (C=O) groups is 2. The molecule has 0 aliphatic rings. The largest absolute Gasteiger partial charge is 0.465 e. The summed E-state index contributed by atoms with van der Waals surface area (Å²) in [5.41, 5.74) is 0.173. The number of halogens is 2. The molecule has 2 rings (SSSR count). The monoisotopic (exact) mass is 493 g/mol. The molecule has 0 spiro atoms. The number of benzene rings is 2. The minimum absolute atomic E-state index is 0.0407. The van der Waals surface area contributed by atoms with Crippen molar-refractivity contribution in [2.75, 3.05) is 18.2 Å². The van der Waals surface area contributed by atoms with Crippen LogP contribution in [0, 0.1) is 3.57 Å². The second-order valence-corrected chi connectivity index (χ2v) is 8.48. The van der Waals surface area contributed by atoms with Gasteiger partial charge in [0, 0.05) is 3.57 Å². The Morgan fingerprint density at radius 2 is 1.84 bits per heavy atom. The average molecular weight is 494 g/mol. The van der Waals surface area contributed by atoms with E-state index in [0.717, 1.165) is 0 Å². The van der Waals surface area contributed by atoms with Crippen LogP contribution >= 0.6 is 34.2 Å². The average Bonchev–Trinajstić information content (AvgIpc) is 2.57. The molecule has 0 aliphatic carbocycles. The number of ether oxygens (including phenoxy) is 1. The van der Waals surface area contributed by atoms with Gasteiger partial charge in [0.25, 0.3) is 0 Å². The zero-order valence-electron chi connectivity index (χ0n) is 13.0. The predicted molar refractivity (Wildman–Crippen MR) is 103 cm³/mol. The molecule has 2 aromatic rings. The molecule has 6 nitrogen and oxygen atoms in total. The first-order valence-electron chi connectivity index (χ1n) is 6.89. The summed E-state index contributed by atoms with van der Waals surface area (Å²) in [4.78, 5) is 24.1. The van der Waals surface area contributed by atoms with E-state index in [4.69, 9.17) is 11.6 Å². The van der Waals surface area contributed by atoms with E-state index in [-0.39, 0.29) is 16.1 Å². The molecule has 0 saturated carbocycles. The molecular weight excluding hydrogens is 481 g/mol. The molecule has 25 heavy (non-hydrogen) atoms. The van der Waals surface area contributed by atoms with Gasteiger partial charge >= 0.3 is 5.97 Å². The van der Waals surface area contributed by atoms with Gasteiger partial charge in [-0.2, -0.15) is 0 Å². The van der Waals surface area contributed by atoms with Crippen LogP contribution in [0.4, 0.5) is 5.69 Å². The molecule has 1 amide bonds. The lowest BCUT2D eigenvalue weighted by Gasteiger charge is -2.12. The van der Waals surface area contributed by atoms with Crippen LogP contribution in [-0.2, 0) is 19.4 Å². The smallest absolute Gasteiger partial charge is 0.340 e. The number of methoxy groups -OCH3 is 1. The fourth-order valence-electron chi connectivity index (χ4n) is 2.00. The van der Waals surface area contributed by atoms with Gasteiger partial charge < -0.3 is 10.1 Å². The van der Waals surface area contributed by atoms with E-state index in [2.05, 4.69) is 10.1 Å². The minimum Gasteiger partial charge on any atom is -0.465 e. The van der Waals surface area contributed by atoms with Gasteiger partial charge in [0.2, 0.25) is 5.91 Å². The standard InChI is InChI=1S/C16H13ClINO5S/c1-24-16(21)11-7-13(18)12(17)8-14(11)19-15(20)9-25(22,23)10-5-3-2-4-6-10/h2-8H,9H2,1H3,(H,19,20). The zero-order chi connectivity index (χ0) is 18.6. The molecule has 1 N–H and O–H groups in total. The first-order valence-corrected chi connectivity index (χ1v) is 10.0. The Bertz CT molecular complexity index is 916. The van der Waals surface area contributed by atoms with Crippen molar-refractivity contribution < 1.29 is 22.7 Å². The Labute approximate surface area is 163 Å². The molecule has 132 valence electrons. The van der Waals surface area contributed by atoms with Gasteiger partial charge in [-0.25, -0.2) is 13.2 Å². The summed E-state index contributed by atoms with van der Waals surface area (Å²) in [5, 5.41) is 2.73. The van der Waals surface area contributed by atoms with Crippen LogP contribution in [0.15, 0.2) is 47.4 Å². The maximum absolute atomic E-state index is 12.2. The third kappa shape index (κ3) is 4.93. The van der Waals surface area contributed by atoms with Crippen molar-refractivity contribution in [2.45, 2.75) is 4.90 Å². The van der Waals surface area contributed by atoms with Gasteiger partial charge in [-0.15, -0.1) is 0 Å². The molecule has 0 unspecified atom stereocenters. The number of amides is 1. The van der Waals surface area contributed by atoms with E-state index < -0.39 is 27.5 Å². The third-order valence-electron chi connectivity index (χ3n) is 3.16. The Kier molecular flexibility index (Phi) is 6.42. The van der Waals surface area contributed by atoms with Gasteiger partial charge in [-0.1, -0.05) is 29.8 Å². The van der Waals surface area contributed by atoms with Gasteiger partial charge in [-0.05, 0) is 46.9 Å². The summed E-state index contributed by atoms with van der Waals surface area (Å²) < 4.78 is 29.8. The Balaban J connectivity index is 2.26. The van der Waals surface area contributed by atoms with Crippen LogP contribution in [0.25, 0.3) is 0 Å². The number of hydrogen-bond donors (Lipinski definition) is 1. The van der Waals surface area contributed by atoms with Crippen LogP contribution < -0.4 is 5.32 Å². The summed E-state index contributed by atoms with van der Waals surface area (Å²) in [6.45, 7) is 0. The Morgan fingerprint density at radius 1 is 1.20 bits per heavy atom. The van der Waals surface area contributed by atoms with Crippen molar-refractivity contribution >= 4 is 61.6 Å². The number of sulfone groups is 1. The predicted octanol–water partition coefficient (Wildman–Crippen LogP) is 3.14. The molecule has 0 radical (unpaired) electrons. The van der Waals surface area contributed by atoms with Crippen molar-refractivity contribution in [3.8, 4) is 0 Å². The molecule has 0 atom stereocenters. The van der Waals surface area contributed by atoms with Gasteiger partial charge in [0.15, 0.2) is 9.84 Å². The normalized spacial score (nSPS) is 11.0. The maximum atomic E-state index is 12.2. The zero-order valence-corrected chi connectivity index (χ0v) is 16.7. The number of carbonyl (C=O) groups excluding carboxylic acids is 2. The van der Waals surface area contributed by atoms with Crippen molar-refractivity contribution in [2.24, 2.45) is 0 Å². The Hall–Kier alpha value is -1.65. The fourth-order valence-corrected chi connectivity index (χ4v) is 3.79. The van der Waals surface area contributed by atoms with E-state index in [1.54, 1.807) is 18.2 Å². The van der Waals surface area contributed by atoms with Crippen molar-refractivity contribution in [3.05, 3.63) is 56.6 Å². The Morgan fingerprint density at radius 3 is 2.44 bits per heavy atom. The molecule has 0 fully saturated rings. The lowest BCUT2D eigenvalue weighted by Crippen LogP contribution is -2.24. The summed E-state index contributed by atoms with van der Waals surface area (Å²) in [6.07, 6.45) is 0. The van der Waals surface area contributed by atoms with E-state index in [1.807, 2.05) is 22.6 Å². The second kappa shape index (κ2) is 8.15. The number of esters is 1. The highest BCUT2D eigenvalue weighted by molar-refractivity contribution is 14.1. The molecule has 0 bridgehead atoms. The highest BCUT2D eigenvalue weighted by Crippen LogP contribution is 2.27. The number of rotatable bonds is 5. The summed E-state index contributed by atoms with van der Waals surface area (Å²) in [5.74, 6) is -2.22. The lowest BCUT2D eigenvalue weighted by atomic mass is 10.2. The van der Waals surface area contributed by atoms with Gasteiger partial charge in [0.05, 0.1) is 28.3 Å². The molecular formula is C16H13ClINO5S. The number of nitrogens with one attached hydrogen (secondary N) is 1. The second-order valence-electron chi connectivity index (χ2n) is 4.92. The number of anilines is 1. The van der Waals surface area contributed by atoms with Crippen LogP contribution in [0.2, 0.25) is 5.02 Å². The van der Waals surface area contributed by atoms with Crippen LogP contribution in [0.3, 0.4) is 0 Å². The summed E-state index contributed by atoms with van der Waals surface area (Å²) >= 11 is 7.95. The SMILES string of the molecule is COC(=O)c1cc(I)c(Cl)cc1NC(=O)CS(=O)(=O)c1ccccc1. The van der Waals surface area contributed by atoms with Crippen LogP contribution in [-0.4, -0.2) is 33.2 Å². The van der Waals surface area contributed by atoms with Crippen molar-refractivity contribution in [3.63, 3.8) is 0 Å². The molecule has 0 aromatic heterocycles. The van der Waals surface area contributed by atoms with Crippen LogP contribution in [0.5, 0.6) is 0 Å². The highest BCUT2D eigenvalue weighted by Gasteiger charge is 2.22. The fraction of sp³-hybridized carbons (Fsp3) is 0.125. The number of hydrogen-bond acceptors (Lipinski definition) is 5. The quantitative estimate of drug-likeness (QED) is 0.511. The van der Waals surface area contributed by atoms with Gasteiger partial charge in [0.1, 0.15) is 5.75 Å². The first-order chi connectivity index (χ1) is 11.7. The minimum atomic E-state index is -3.80. The maximum Gasteiger partial charge on any atom is 0.340 e. The van der Waals surface area contributed by atoms with Crippen LogP contribution in [0.1, 0.15) is 10.4 Å². The first kappa shape index (κ1) is 19.7. The summed E-state index contributed by atoms with van der Waals surface area (Å²) in [7, 11) is -2.60. The van der Waals surface area contributed by atoms with E-state index in [1.165, 1.54) is 31.4 Å². The molecule has 2 aromatic carbocycles. The highest BCUT2D eigenvalue weighted by atomic mass is 127. The topological polar surface area (TPSA) is 89.5 Å². The summed E-state index contributed by atoms with van der Waals surface area (Å²) in [6, 6.07) is 10.5. The molecule has 0 saturated heterocycles. The molecule has 0 aliphatic heterocycles. The van der Waals surface area contributed by atoms with E-state index in [0.29, 0.717) is 8.59 Å². The van der Waals surface area contributed by atoms with Crippen molar-refractivity contribution in [1.82, 2.24) is 0 Å².